The molecule has 17 heavy (non-hydrogen) atoms. The van der Waals surface area contributed by atoms with Gasteiger partial charge in [0, 0.05) is 10.6 Å². The van der Waals surface area contributed by atoms with E-state index in [9.17, 15) is 0 Å². The van der Waals surface area contributed by atoms with Crippen LogP contribution in [0.25, 0.3) is 11.3 Å². The SMILES string of the molecule is CCc1cnc(OC)c(-c2cccc(Cl)c2)n1. The van der Waals surface area contributed by atoms with Gasteiger partial charge in [0.2, 0.25) is 5.88 Å². The van der Waals surface area contributed by atoms with Gasteiger partial charge in [-0.25, -0.2) is 9.97 Å². The predicted molar refractivity (Wildman–Crippen MR) is 68.4 cm³/mol. The Labute approximate surface area is 105 Å². The van der Waals surface area contributed by atoms with Crippen molar-refractivity contribution in [2.45, 2.75) is 13.3 Å². The minimum absolute atomic E-state index is 0.518. The van der Waals surface area contributed by atoms with Crippen molar-refractivity contribution >= 4 is 11.6 Å². The largest absolute Gasteiger partial charge is 0.479 e. The molecule has 0 saturated heterocycles. The maximum Gasteiger partial charge on any atom is 0.240 e. The summed E-state index contributed by atoms with van der Waals surface area (Å²) in [7, 11) is 1.59. The highest BCUT2D eigenvalue weighted by Crippen LogP contribution is 2.27. The second-order valence-corrected chi connectivity index (χ2v) is 4.02. The second kappa shape index (κ2) is 5.15. The van der Waals surface area contributed by atoms with Gasteiger partial charge in [-0.1, -0.05) is 30.7 Å². The maximum atomic E-state index is 5.97. The Bertz CT molecular complexity index is 529. The van der Waals surface area contributed by atoms with E-state index in [1.54, 1.807) is 13.3 Å². The molecule has 0 amide bonds. The summed E-state index contributed by atoms with van der Waals surface area (Å²) in [6.45, 7) is 2.04. The number of hydrogen-bond donors (Lipinski definition) is 0. The molecule has 2 aromatic rings. The lowest BCUT2D eigenvalue weighted by molar-refractivity contribution is 0.397. The third kappa shape index (κ3) is 2.56. The first-order valence-electron chi connectivity index (χ1n) is 5.40. The van der Waals surface area contributed by atoms with E-state index in [4.69, 9.17) is 16.3 Å². The van der Waals surface area contributed by atoms with E-state index in [1.165, 1.54) is 0 Å². The number of halogens is 1. The molecule has 0 aliphatic heterocycles. The number of aromatic nitrogens is 2. The molecule has 0 atom stereocenters. The van der Waals surface area contributed by atoms with Crippen LogP contribution in [-0.2, 0) is 6.42 Å². The fourth-order valence-electron chi connectivity index (χ4n) is 1.56. The van der Waals surface area contributed by atoms with E-state index in [0.717, 1.165) is 23.4 Å². The molecule has 1 heterocycles. The minimum atomic E-state index is 0.518. The molecule has 1 aromatic heterocycles. The van der Waals surface area contributed by atoms with Gasteiger partial charge >= 0.3 is 0 Å². The van der Waals surface area contributed by atoms with Crippen molar-refractivity contribution in [3.63, 3.8) is 0 Å². The van der Waals surface area contributed by atoms with Crippen LogP contribution in [0.2, 0.25) is 5.02 Å². The van der Waals surface area contributed by atoms with Crippen LogP contribution in [0.15, 0.2) is 30.5 Å². The fraction of sp³-hybridized carbons (Fsp3) is 0.231. The highest BCUT2D eigenvalue weighted by atomic mass is 35.5. The van der Waals surface area contributed by atoms with Gasteiger partial charge in [0.15, 0.2) is 0 Å². The third-order valence-corrected chi connectivity index (χ3v) is 2.68. The van der Waals surface area contributed by atoms with Crippen molar-refractivity contribution in [2.24, 2.45) is 0 Å². The molecule has 0 aliphatic rings. The van der Waals surface area contributed by atoms with E-state index in [1.807, 2.05) is 31.2 Å². The van der Waals surface area contributed by atoms with Crippen LogP contribution >= 0.6 is 11.6 Å². The Morgan fingerprint density at radius 3 is 2.82 bits per heavy atom. The van der Waals surface area contributed by atoms with Crippen molar-refractivity contribution in [1.82, 2.24) is 9.97 Å². The van der Waals surface area contributed by atoms with Crippen molar-refractivity contribution in [3.8, 4) is 17.1 Å². The Hall–Kier alpha value is -1.61. The first-order valence-corrected chi connectivity index (χ1v) is 5.78. The lowest BCUT2D eigenvalue weighted by Crippen LogP contribution is -1.98. The highest BCUT2D eigenvalue weighted by molar-refractivity contribution is 6.30. The number of benzene rings is 1. The van der Waals surface area contributed by atoms with Crippen molar-refractivity contribution in [1.29, 1.82) is 0 Å². The maximum absolute atomic E-state index is 5.97. The summed E-state index contributed by atoms with van der Waals surface area (Å²) < 4.78 is 5.22. The van der Waals surface area contributed by atoms with Crippen LogP contribution in [0.5, 0.6) is 5.88 Å². The van der Waals surface area contributed by atoms with Gasteiger partial charge in [-0.05, 0) is 18.6 Å². The zero-order valence-corrected chi connectivity index (χ0v) is 10.5. The van der Waals surface area contributed by atoms with E-state index in [-0.39, 0.29) is 0 Å². The molecule has 0 saturated carbocycles. The van der Waals surface area contributed by atoms with Crippen molar-refractivity contribution < 1.29 is 4.74 Å². The molecule has 0 radical (unpaired) electrons. The minimum Gasteiger partial charge on any atom is -0.479 e. The first kappa shape index (κ1) is 11.9. The van der Waals surface area contributed by atoms with Crippen LogP contribution in [0, 0.1) is 0 Å². The summed E-state index contributed by atoms with van der Waals surface area (Å²) in [5.41, 5.74) is 2.58. The molecule has 0 bridgehead atoms. The topological polar surface area (TPSA) is 35.0 Å². The van der Waals surface area contributed by atoms with E-state index in [0.29, 0.717) is 10.9 Å². The van der Waals surface area contributed by atoms with Gasteiger partial charge in [-0.3, -0.25) is 0 Å². The van der Waals surface area contributed by atoms with Crippen molar-refractivity contribution in [3.05, 3.63) is 41.2 Å². The Kier molecular flexibility index (Phi) is 3.59. The average molecular weight is 249 g/mol. The number of nitrogens with zero attached hydrogens (tertiary/aromatic N) is 2. The smallest absolute Gasteiger partial charge is 0.240 e. The highest BCUT2D eigenvalue weighted by Gasteiger charge is 2.10. The third-order valence-electron chi connectivity index (χ3n) is 2.44. The molecule has 0 spiro atoms. The lowest BCUT2D eigenvalue weighted by atomic mass is 10.1. The van der Waals surface area contributed by atoms with Gasteiger partial charge < -0.3 is 4.74 Å². The summed E-state index contributed by atoms with van der Waals surface area (Å²) in [6, 6.07) is 7.51. The number of methoxy groups -OCH3 is 1. The quantitative estimate of drug-likeness (QED) is 0.835. The van der Waals surface area contributed by atoms with Crippen LogP contribution in [0.3, 0.4) is 0 Å². The lowest BCUT2D eigenvalue weighted by Gasteiger charge is -2.08. The van der Waals surface area contributed by atoms with Gasteiger partial charge in [0.1, 0.15) is 5.69 Å². The second-order valence-electron chi connectivity index (χ2n) is 3.58. The normalized spacial score (nSPS) is 10.3. The van der Waals surface area contributed by atoms with Crippen LogP contribution in [0.1, 0.15) is 12.6 Å². The Morgan fingerprint density at radius 1 is 1.35 bits per heavy atom. The van der Waals surface area contributed by atoms with Crippen LogP contribution < -0.4 is 4.74 Å². The summed E-state index contributed by atoms with van der Waals surface area (Å²) >= 11 is 5.97. The first-order chi connectivity index (χ1) is 8.24. The van der Waals surface area contributed by atoms with Gasteiger partial charge in [0.05, 0.1) is 19.0 Å². The molecule has 0 fully saturated rings. The standard InChI is InChI=1S/C13H13ClN2O/c1-3-11-8-15-13(17-2)12(16-11)9-5-4-6-10(14)7-9/h4-8H,3H2,1-2H3. The van der Waals surface area contributed by atoms with E-state index < -0.39 is 0 Å². The fourth-order valence-corrected chi connectivity index (χ4v) is 1.75. The number of hydrogen-bond acceptors (Lipinski definition) is 3. The van der Waals surface area contributed by atoms with Crippen LogP contribution in [-0.4, -0.2) is 17.1 Å². The zero-order chi connectivity index (χ0) is 12.3. The molecular weight excluding hydrogens is 236 g/mol. The molecule has 3 nitrogen and oxygen atoms in total. The van der Waals surface area contributed by atoms with E-state index in [2.05, 4.69) is 9.97 Å². The van der Waals surface area contributed by atoms with Gasteiger partial charge in [-0.2, -0.15) is 0 Å². The predicted octanol–water partition coefficient (Wildman–Crippen LogP) is 3.37. The molecule has 1 aromatic carbocycles. The average Bonchev–Trinajstić information content (AvgIpc) is 2.38. The van der Waals surface area contributed by atoms with Crippen molar-refractivity contribution in [2.75, 3.05) is 7.11 Å². The summed E-state index contributed by atoms with van der Waals surface area (Å²) in [6.07, 6.45) is 2.57. The number of rotatable bonds is 3. The molecule has 0 unspecified atom stereocenters. The molecular formula is C13H13ClN2O. The zero-order valence-electron chi connectivity index (χ0n) is 9.77. The molecule has 88 valence electrons. The summed E-state index contributed by atoms with van der Waals surface area (Å²) in [5, 5.41) is 0.674. The van der Waals surface area contributed by atoms with E-state index >= 15 is 0 Å². The molecule has 4 heteroatoms. The number of ether oxygens (including phenoxy) is 1. The number of aryl methyl sites for hydroxylation is 1. The Morgan fingerprint density at radius 2 is 2.18 bits per heavy atom. The molecule has 0 aliphatic carbocycles. The summed E-state index contributed by atoms with van der Waals surface area (Å²) in [5.74, 6) is 0.518. The van der Waals surface area contributed by atoms with Crippen LogP contribution in [0.4, 0.5) is 0 Å². The Balaban J connectivity index is 2.56. The van der Waals surface area contributed by atoms with Gasteiger partial charge in [0.25, 0.3) is 0 Å². The van der Waals surface area contributed by atoms with Gasteiger partial charge in [-0.15, -0.1) is 0 Å². The molecule has 2 rings (SSSR count). The molecule has 0 N–H and O–H groups in total. The monoisotopic (exact) mass is 248 g/mol. The summed E-state index contributed by atoms with van der Waals surface area (Å²) in [4.78, 5) is 8.77.